The van der Waals surface area contributed by atoms with Crippen molar-refractivity contribution in [2.24, 2.45) is 0 Å². The Hall–Kier alpha value is -4.67. The van der Waals surface area contributed by atoms with E-state index in [9.17, 15) is 14.4 Å². The van der Waals surface area contributed by atoms with E-state index in [0.717, 1.165) is 62.3 Å². The Balaban J connectivity index is 1.37. The van der Waals surface area contributed by atoms with Gasteiger partial charge in [-0.25, -0.2) is 4.79 Å². The largest absolute Gasteiger partial charge is 0.378 e. The number of piperazine rings is 1. The van der Waals surface area contributed by atoms with Crippen LogP contribution in [0.25, 0.3) is 16.9 Å². The van der Waals surface area contributed by atoms with E-state index >= 15 is 0 Å². The Labute approximate surface area is 275 Å². The average molecular weight is 635 g/mol. The predicted octanol–water partition coefficient (Wildman–Crippen LogP) is 3.86. The Bertz CT molecular complexity index is 1780. The molecule has 0 atom stereocenters. The minimum Gasteiger partial charge on any atom is -0.378 e. The molecule has 4 heterocycles. The molecule has 0 saturated carbocycles. The summed E-state index contributed by atoms with van der Waals surface area (Å²) in [7, 11) is 0. The van der Waals surface area contributed by atoms with Gasteiger partial charge in [-0.1, -0.05) is 48.5 Å². The molecule has 0 aliphatic carbocycles. The number of carbonyl (C=O) groups excluding carboxylic acids is 2. The number of nitrogens with one attached hydrogen (secondary N) is 1. The first-order chi connectivity index (χ1) is 23.1. The number of rotatable bonds is 7. The minimum absolute atomic E-state index is 0.0125. The van der Waals surface area contributed by atoms with E-state index in [-0.39, 0.29) is 24.0 Å². The van der Waals surface area contributed by atoms with E-state index in [1.807, 2.05) is 82.6 Å². The van der Waals surface area contributed by atoms with Crippen molar-refractivity contribution in [2.45, 2.75) is 25.8 Å². The predicted molar refractivity (Wildman–Crippen MR) is 183 cm³/mol. The highest BCUT2D eigenvalue weighted by atomic mass is 16.5. The van der Waals surface area contributed by atoms with Gasteiger partial charge in [-0.15, -0.1) is 0 Å². The van der Waals surface area contributed by atoms with Crippen LogP contribution in [0.2, 0.25) is 0 Å². The Morgan fingerprint density at radius 1 is 0.702 bits per heavy atom. The van der Waals surface area contributed by atoms with Gasteiger partial charge in [-0.05, 0) is 55.2 Å². The molecule has 244 valence electrons. The molecule has 1 N–H and O–H groups in total. The van der Waals surface area contributed by atoms with Crippen LogP contribution in [-0.2, 0) is 11.3 Å². The number of morpholine rings is 1. The molecule has 3 aromatic carbocycles. The molecule has 3 aliphatic heterocycles. The van der Waals surface area contributed by atoms with Gasteiger partial charge in [0.15, 0.2) is 0 Å². The van der Waals surface area contributed by atoms with Gasteiger partial charge in [0.05, 0.1) is 31.1 Å². The van der Waals surface area contributed by atoms with Crippen molar-refractivity contribution in [2.75, 3.05) is 70.5 Å². The zero-order chi connectivity index (χ0) is 32.2. The van der Waals surface area contributed by atoms with Gasteiger partial charge in [0.2, 0.25) is 0 Å². The fourth-order valence-electron chi connectivity index (χ4n) is 6.94. The number of aromatic nitrogens is 2. The number of piperidine rings is 1. The molecule has 1 aromatic heterocycles. The first-order valence-corrected chi connectivity index (χ1v) is 16.8. The number of carbonyl (C=O) groups is 2. The van der Waals surface area contributed by atoms with Crippen LogP contribution in [0.1, 0.15) is 45.7 Å². The van der Waals surface area contributed by atoms with Gasteiger partial charge in [0.1, 0.15) is 5.69 Å². The summed E-state index contributed by atoms with van der Waals surface area (Å²) in [5, 5.41) is 3.33. The van der Waals surface area contributed by atoms with Crippen LogP contribution in [0.15, 0.2) is 83.7 Å². The number of nitrogens with zero attached hydrogens (tertiary/aromatic N) is 5. The van der Waals surface area contributed by atoms with Crippen molar-refractivity contribution in [3.05, 3.63) is 106 Å². The topological polar surface area (TPSA) is 92.0 Å². The molecule has 0 radical (unpaired) electrons. The molecule has 7 rings (SSSR count). The SMILES string of the molecule is O=C(c1cccc(Cn2c(C(=O)N3CCNCC3)c(-c3ccccc3)n(-c3cccc(N4CCOCC4)c3)c2=O)c1)N1CCCCC1. The summed E-state index contributed by atoms with van der Waals surface area (Å²) in [6.45, 7) is 7.02. The molecule has 0 spiro atoms. The van der Waals surface area contributed by atoms with E-state index < -0.39 is 0 Å². The number of likely N-dealkylation sites (tertiary alicyclic amines) is 1. The van der Waals surface area contributed by atoms with Crippen LogP contribution in [0.5, 0.6) is 0 Å². The standard InChI is InChI=1S/C37H42N6O4/c44-35(40-17-5-2-6-18-40)30-12-7-9-28(25-30)27-42-34(36(45)41-19-15-38-16-20-41)33(29-10-3-1-4-11-29)43(37(42)46)32-14-8-13-31(26-32)39-21-23-47-24-22-39/h1,3-4,7-14,25-26,38H,2,5-6,15-24,27H2. The van der Waals surface area contributed by atoms with Crippen LogP contribution >= 0.6 is 0 Å². The lowest BCUT2D eigenvalue weighted by molar-refractivity contribution is 0.0717. The molecule has 3 saturated heterocycles. The molecule has 10 nitrogen and oxygen atoms in total. The van der Waals surface area contributed by atoms with Crippen molar-refractivity contribution in [3.8, 4) is 16.9 Å². The van der Waals surface area contributed by atoms with Crippen molar-refractivity contribution in [1.29, 1.82) is 0 Å². The quantitative estimate of drug-likeness (QED) is 0.332. The molecular weight excluding hydrogens is 592 g/mol. The fourth-order valence-corrected chi connectivity index (χ4v) is 6.94. The van der Waals surface area contributed by atoms with Crippen LogP contribution in [0.3, 0.4) is 0 Å². The number of hydrogen-bond acceptors (Lipinski definition) is 6. The van der Waals surface area contributed by atoms with Crippen molar-refractivity contribution in [3.63, 3.8) is 0 Å². The molecule has 0 bridgehead atoms. The Morgan fingerprint density at radius 3 is 2.17 bits per heavy atom. The third-order valence-corrected chi connectivity index (χ3v) is 9.42. The van der Waals surface area contributed by atoms with Crippen LogP contribution < -0.4 is 15.9 Å². The highest BCUT2D eigenvalue weighted by molar-refractivity contribution is 5.99. The summed E-state index contributed by atoms with van der Waals surface area (Å²) in [4.78, 5) is 48.7. The maximum atomic E-state index is 14.8. The monoisotopic (exact) mass is 634 g/mol. The first-order valence-electron chi connectivity index (χ1n) is 16.8. The van der Waals surface area contributed by atoms with Crippen LogP contribution in [0.4, 0.5) is 5.69 Å². The van der Waals surface area contributed by atoms with Crippen LogP contribution in [0, 0.1) is 0 Å². The molecular formula is C37H42N6O4. The van der Waals surface area contributed by atoms with Gasteiger partial charge >= 0.3 is 5.69 Å². The van der Waals surface area contributed by atoms with Crippen molar-refractivity contribution < 1.29 is 14.3 Å². The molecule has 0 unspecified atom stereocenters. The lowest BCUT2D eigenvalue weighted by Gasteiger charge is -2.29. The second kappa shape index (κ2) is 14.0. The molecule has 3 aliphatic rings. The summed E-state index contributed by atoms with van der Waals surface area (Å²) in [5.41, 5.74) is 4.51. The van der Waals surface area contributed by atoms with E-state index in [1.165, 1.54) is 0 Å². The van der Waals surface area contributed by atoms with Gasteiger partial charge in [0.25, 0.3) is 11.8 Å². The summed E-state index contributed by atoms with van der Waals surface area (Å²) in [6, 6.07) is 25.2. The molecule has 10 heteroatoms. The second-order valence-electron chi connectivity index (χ2n) is 12.5. The highest BCUT2D eigenvalue weighted by Crippen LogP contribution is 2.30. The summed E-state index contributed by atoms with van der Waals surface area (Å²) < 4.78 is 8.88. The Kier molecular flexibility index (Phi) is 9.21. The number of imidazole rings is 1. The third-order valence-electron chi connectivity index (χ3n) is 9.42. The maximum absolute atomic E-state index is 14.8. The number of benzene rings is 3. The Morgan fingerprint density at radius 2 is 1.40 bits per heavy atom. The summed E-state index contributed by atoms with van der Waals surface area (Å²) >= 11 is 0. The maximum Gasteiger partial charge on any atom is 0.334 e. The molecule has 3 fully saturated rings. The lowest BCUT2D eigenvalue weighted by atomic mass is 10.1. The molecule has 4 aromatic rings. The van der Waals surface area contributed by atoms with Gasteiger partial charge < -0.3 is 24.8 Å². The van der Waals surface area contributed by atoms with Crippen molar-refractivity contribution in [1.82, 2.24) is 24.3 Å². The third kappa shape index (κ3) is 6.48. The zero-order valence-corrected chi connectivity index (χ0v) is 26.8. The fraction of sp³-hybridized carbons (Fsp3) is 0.378. The molecule has 2 amide bonds. The number of hydrogen-bond donors (Lipinski definition) is 1. The number of anilines is 1. The summed E-state index contributed by atoms with van der Waals surface area (Å²) in [6.07, 6.45) is 3.17. The van der Waals surface area contributed by atoms with E-state index in [0.29, 0.717) is 62.0 Å². The number of amides is 2. The van der Waals surface area contributed by atoms with Crippen LogP contribution in [-0.4, -0.2) is 96.3 Å². The lowest BCUT2D eigenvalue weighted by Crippen LogP contribution is -2.47. The van der Waals surface area contributed by atoms with E-state index in [4.69, 9.17) is 4.74 Å². The average Bonchev–Trinajstić information content (AvgIpc) is 3.43. The first kappa shape index (κ1) is 31.0. The van der Waals surface area contributed by atoms with Gasteiger partial charge in [-0.2, -0.15) is 0 Å². The smallest absolute Gasteiger partial charge is 0.334 e. The molecule has 47 heavy (non-hydrogen) atoms. The van der Waals surface area contributed by atoms with Gasteiger partial charge in [-0.3, -0.25) is 18.7 Å². The van der Waals surface area contributed by atoms with Crippen molar-refractivity contribution >= 4 is 17.5 Å². The highest BCUT2D eigenvalue weighted by Gasteiger charge is 2.31. The normalized spacial score (nSPS) is 17.1. The van der Waals surface area contributed by atoms with E-state index in [2.05, 4.69) is 16.3 Å². The zero-order valence-electron chi connectivity index (χ0n) is 26.8. The minimum atomic E-state index is -0.297. The number of ether oxygens (including phenoxy) is 1. The second-order valence-corrected chi connectivity index (χ2v) is 12.5. The van der Waals surface area contributed by atoms with E-state index in [1.54, 1.807) is 9.13 Å². The summed E-state index contributed by atoms with van der Waals surface area (Å²) in [5.74, 6) is -0.162. The van der Waals surface area contributed by atoms with Gasteiger partial charge in [0, 0.05) is 69.2 Å².